The summed E-state index contributed by atoms with van der Waals surface area (Å²) in [5.41, 5.74) is 3.97. The molecule has 0 saturated carbocycles. The quantitative estimate of drug-likeness (QED) is 0.581. The van der Waals surface area contributed by atoms with Gasteiger partial charge in [0.1, 0.15) is 11.0 Å². The van der Waals surface area contributed by atoms with Crippen LogP contribution in [0.15, 0.2) is 48.8 Å². The highest BCUT2D eigenvalue weighted by atomic mass is 35.5. The fraction of sp³-hybridized carbons (Fsp3) is 0.158. The van der Waals surface area contributed by atoms with Crippen molar-refractivity contribution in [3.05, 3.63) is 69.6 Å². The largest absolute Gasteiger partial charge is 0.367 e. The van der Waals surface area contributed by atoms with E-state index < -0.39 is 0 Å². The summed E-state index contributed by atoms with van der Waals surface area (Å²) in [5, 5.41) is 5.20. The molecule has 7 heteroatoms. The Morgan fingerprint density at radius 3 is 2.62 bits per heavy atom. The lowest BCUT2D eigenvalue weighted by Gasteiger charge is -2.32. The van der Waals surface area contributed by atoms with Crippen LogP contribution in [0.4, 0.5) is 11.5 Å². The molecule has 0 fully saturated rings. The molecule has 3 heterocycles. The van der Waals surface area contributed by atoms with Crippen molar-refractivity contribution in [2.75, 3.05) is 23.3 Å². The third-order valence-electron chi connectivity index (χ3n) is 4.31. The standard InChI is InChI=1S/C19H15Cl3N4/c20-15-2-3-16(21)14(7-15)11-26-6-5-23-19-17(26)8-13(10-25-19)12-1-4-18(22)24-9-12/h1-4,7-10H,5-6,11H2,(H,23,25). The number of nitrogens with one attached hydrogen (secondary N) is 1. The molecule has 0 radical (unpaired) electrons. The normalized spacial score (nSPS) is 13.3. The fourth-order valence-corrected chi connectivity index (χ4v) is 3.48. The van der Waals surface area contributed by atoms with Crippen LogP contribution < -0.4 is 10.2 Å². The Balaban J connectivity index is 1.69. The maximum absolute atomic E-state index is 6.35. The van der Waals surface area contributed by atoms with Crippen molar-refractivity contribution in [2.45, 2.75) is 6.54 Å². The van der Waals surface area contributed by atoms with Crippen molar-refractivity contribution >= 4 is 46.3 Å². The van der Waals surface area contributed by atoms with E-state index in [9.17, 15) is 0 Å². The second-order valence-corrected chi connectivity index (χ2v) is 7.28. The Morgan fingerprint density at radius 2 is 1.81 bits per heavy atom. The van der Waals surface area contributed by atoms with Gasteiger partial charge in [0, 0.05) is 53.2 Å². The Kier molecular flexibility index (Phi) is 4.90. The predicted molar refractivity (Wildman–Crippen MR) is 108 cm³/mol. The maximum atomic E-state index is 6.35. The van der Waals surface area contributed by atoms with Crippen molar-refractivity contribution in [1.82, 2.24) is 9.97 Å². The lowest BCUT2D eigenvalue weighted by Crippen LogP contribution is -2.34. The third kappa shape index (κ3) is 3.58. The smallest absolute Gasteiger partial charge is 0.149 e. The van der Waals surface area contributed by atoms with Gasteiger partial charge in [-0.2, -0.15) is 0 Å². The average Bonchev–Trinajstić information content (AvgIpc) is 2.65. The second kappa shape index (κ2) is 7.31. The molecule has 0 unspecified atom stereocenters. The molecule has 4 nitrogen and oxygen atoms in total. The van der Waals surface area contributed by atoms with Gasteiger partial charge in [0.15, 0.2) is 0 Å². The molecule has 1 aromatic carbocycles. The summed E-state index contributed by atoms with van der Waals surface area (Å²) in [7, 11) is 0. The number of rotatable bonds is 3. The van der Waals surface area contributed by atoms with Crippen molar-refractivity contribution in [3.8, 4) is 11.1 Å². The van der Waals surface area contributed by atoms with Gasteiger partial charge >= 0.3 is 0 Å². The maximum Gasteiger partial charge on any atom is 0.149 e. The van der Waals surface area contributed by atoms with E-state index in [1.165, 1.54) is 0 Å². The minimum absolute atomic E-state index is 0.471. The molecular weight excluding hydrogens is 391 g/mol. The van der Waals surface area contributed by atoms with Crippen LogP contribution in [0, 0.1) is 0 Å². The first-order valence-corrected chi connectivity index (χ1v) is 9.28. The molecule has 1 aliphatic heterocycles. The van der Waals surface area contributed by atoms with Crippen LogP contribution in [0.5, 0.6) is 0 Å². The van der Waals surface area contributed by atoms with Gasteiger partial charge in [-0.3, -0.25) is 0 Å². The van der Waals surface area contributed by atoms with Gasteiger partial charge < -0.3 is 10.2 Å². The van der Waals surface area contributed by atoms with Gasteiger partial charge in [-0.05, 0) is 42.0 Å². The van der Waals surface area contributed by atoms with E-state index in [4.69, 9.17) is 34.8 Å². The van der Waals surface area contributed by atoms with E-state index in [0.29, 0.717) is 21.7 Å². The molecule has 132 valence electrons. The minimum atomic E-state index is 0.471. The highest BCUT2D eigenvalue weighted by molar-refractivity contribution is 6.33. The number of hydrogen-bond acceptors (Lipinski definition) is 4. The van der Waals surface area contributed by atoms with E-state index in [2.05, 4.69) is 26.3 Å². The third-order valence-corrected chi connectivity index (χ3v) is 5.14. The molecule has 0 aliphatic carbocycles. The van der Waals surface area contributed by atoms with Crippen molar-refractivity contribution < 1.29 is 0 Å². The molecule has 0 amide bonds. The van der Waals surface area contributed by atoms with Crippen molar-refractivity contribution in [2.24, 2.45) is 0 Å². The summed E-state index contributed by atoms with van der Waals surface area (Å²) < 4.78 is 0. The molecule has 0 saturated heterocycles. The first-order chi connectivity index (χ1) is 12.6. The number of hydrogen-bond donors (Lipinski definition) is 1. The first kappa shape index (κ1) is 17.4. The fourth-order valence-electron chi connectivity index (χ4n) is 3.00. The Labute approximate surface area is 166 Å². The Hall–Kier alpha value is -2.01. The zero-order valence-electron chi connectivity index (χ0n) is 13.7. The van der Waals surface area contributed by atoms with Crippen molar-refractivity contribution in [1.29, 1.82) is 0 Å². The average molecular weight is 406 g/mol. The van der Waals surface area contributed by atoms with Gasteiger partial charge in [-0.25, -0.2) is 9.97 Å². The zero-order chi connectivity index (χ0) is 18.1. The zero-order valence-corrected chi connectivity index (χ0v) is 16.0. The van der Waals surface area contributed by atoms with Crippen LogP contribution in [0.3, 0.4) is 0 Å². The van der Waals surface area contributed by atoms with Crippen LogP contribution in [-0.4, -0.2) is 23.1 Å². The molecule has 26 heavy (non-hydrogen) atoms. The monoisotopic (exact) mass is 404 g/mol. The molecule has 3 aromatic rings. The highest BCUT2D eigenvalue weighted by Gasteiger charge is 2.20. The molecule has 2 aromatic heterocycles. The second-order valence-electron chi connectivity index (χ2n) is 6.05. The van der Waals surface area contributed by atoms with E-state index >= 15 is 0 Å². The van der Waals surface area contributed by atoms with Gasteiger partial charge in [0.25, 0.3) is 0 Å². The van der Waals surface area contributed by atoms with E-state index in [1.54, 1.807) is 18.3 Å². The van der Waals surface area contributed by atoms with Gasteiger partial charge in [0.05, 0.1) is 5.69 Å². The van der Waals surface area contributed by atoms with Gasteiger partial charge in [-0.15, -0.1) is 0 Å². The van der Waals surface area contributed by atoms with Crippen LogP contribution in [0.2, 0.25) is 15.2 Å². The lowest BCUT2D eigenvalue weighted by atomic mass is 10.1. The number of aromatic nitrogens is 2. The summed E-state index contributed by atoms with van der Waals surface area (Å²) in [5.74, 6) is 0.861. The molecule has 0 spiro atoms. The number of fused-ring (bicyclic) bond motifs is 1. The molecule has 1 N–H and O–H groups in total. The number of halogens is 3. The minimum Gasteiger partial charge on any atom is -0.367 e. The van der Waals surface area contributed by atoms with Crippen LogP contribution in [-0.2, 0) is 6.54 Å². The summed E-state index contributed by atoms with van der Waals surface area (Å²) in [6, 6.07) is 11.4. The Morgan fingerprint density at radius 1 is 0.962 bits per heavy atom. The topological polar surface area (TPSA) is 41.0 Å². The highest BCUT2D eigenvalue weighted by Crippen LogP contribution is 2.34. The van der Waals surface area contributed by atoms with E-state index in [-0.39, 0.29) is 0 Å². The molecular formula is C19H15Cl3N4. The number of pyridine rings is 2. The molecule has 4 rings (SSSR count). The van der Waals surface area contributed by atoms with Crippen LogP contribution in [0.25, 0.3) is 11.1 Å². The molecule has 0 bridgehead atoms. The lowest BCUT2D eigenvalue weighted by molar-refractivity contribution is 0.781. The van der Waals surface area contributed by atoms with Crippen LogP contribution >= 0.6 is 34.8 Å². The summed E-state index contributed by atoms with van der Waals surface area (Å²) in [4.78, 5) is 11.0. The SMILES string of the molecule is Clc1ccc(Cl)c(CN2CCNc3ncc(-c4ccc(Cl)nc4)cc32)c1. The van der Waals surface area contributed by atoms with Crippen molar-refractivity contribution in [3.63, 3.8) is 0 Å². The van der Waals surface area contributed by atoms with E-state index in [1.807, 2.05) is 24.4 Å². The molecule has 1 aliphatic rings. The Bertz CT molecular complexity index is 944. The summed E-state index contributed by atoms with van der Waals surface area (Å²) in [6.45, 7) is 2.33. The number of anilines is 2. The van der Waals surface area contributed by atoms with Crippen LogP contribution in [0.1, 0.15) is 5.56 Å². The number of nitrogens with zero attached hydrogens (tertiary/aromatic N) is 3. The predicted octanol–water partition coefficient (Wildman–Crippen LogP) is 5.54. The van der Waals surface area contributed by atoms with E-state index in [0.717, 1.165) is 41.3 Å². The summed E-state index contributed by atoms with van der Waals surface area (Å²) >= 11 is 18.4. The number of benzene rings is 1. The molecule has 0 atom stereocenters. The van der Waals surface area contributed by atoms with Gasteiger partial charge in [0.2, 0.25) is 0 Å². The van der Waals surface area contributed by atoms with Gasteiger partial charge in [-0.1, -0.05) is 34.8 Å². The summed E-state index contributed by atoms with van der Waals surface area (Å²) in [6.07, 6.45) is 3.59. The first-order valence-electron chi connectivity index (χ1n) is 8.15.